The minimum absolute atomic E-state index is 0.0310. The highest BCUT2D eigenvalue weighted by Gasteiger charge is 2.59. The normalized spacial score (nSPS) is 31.1. The van der Waals surface area contributed by atoms with Crippen molar-refractivity contribution in [1.29, 1.82) is 0 Å². The largest absolute Gasteiger partial charge is 0.481 e. The number of hydrogen-bond donors (Lipinski definition) is 10. The lowest BCUT2D eigenvalue weighted by Gasteiger charge is -2.58. The van der Waals surface area contributed by atoms with Gasteiger partial charge in [-0.1, -0.05) is 91.1 Å². The summed E-state index contributed by atoms with van der Waals surface area (Å²) in [5.41, 5.74) is 6.86. The van der Waals surface area contributed by atoms with Gasteiger partial charge in [0.25, 0.3) is 0 Å². The van der Waals surface area contributed by atoms with E-state index in [0.717, 1.165) is 77.3 Å². The van der Waals surface area contributed by atoms with Gasteiger partial charge in [-0.2, -0.15) is 4.31 Å². The van der Waals surface area contributed by atoms with E-state index in [4.69, 9.17) is 19.5 Å². The molecule has 3 saturated carbocycles. The number of nitrogens with one attached hydrogen (secondary N) is 2. The van der Waals surface area contributed by atoms with Crippen molar-refractivity contribution < 1.29 is 85.6 Å². The summed E-state index contributed by atoms with van der Waals surface area (Å²) in [6.07, 6.45) is 10.3. The number of hydrogen-bond acceptors (Lipinski definition) is 19. The predicted octanol–water partition coefficient (Wildman–Crippen LogP) is 6.07. The summed E-state index contributed by atoms with van der Waals surface area (Å²) in [6, 6.07) is 0. The average molecular weight is 1200 g/mol. The molecule has 29 heteroatoms. The molecule has 25 nitrogen and oxygen atoms in total. The van der Waals surface area contributed by atoms with Crippen LogP contribution in [0, 0.1) is 51.8 Å². The van der Waals surface area contributed by atoms with Crippen molar-refractivity contribution in [1.82, 2.24) is 30.2 Å². The quantitative estimate of drug-likeness (QED) is 0.0324. The zero-order valence-electron chi connectivity index (χ0n) is 46.4. The lowest BCUT2D eigenvalue weighted by molar-refractivity contribution is -0.137. The number of rotatable bonds is 24. The van der Waals surface area contributed by atoms with Crippen molar-refractivity contribution in [2.45, 2.75) is 169 Å². The summed E-state index contributed by atoms with van der Waals surface area (Å²) >= 11 is 1.03. The Kier molecular flexibility index (Phi) is 22.3. The molecule has 5 aliphatic rings. The molecule has 0 spiro atoms. The fourth-order valence-electron chi connectivity index (χ4n) is 13.0. The number of nitrogens with zero attached hydrogens (tertiary/aromatic N) is 4. The summed E-state index contributed by atoms with van der Waals surface area (Å²) < 4.78 is 61.8. The number of nitrogens with two attached hydrogens (primary N) is 1. The number of anilines is 1. The van der Waals surface area contributed by atoms with Crippen LogP contribution in [0.4, 0.5) is 5.82 Å². The number of carbonyl (C=O) groups excluding carboxylic acids is 3. The van der Waals surface area contributed by atoms with Crippen LogP contribution in [0.25, 0.3) is 11.2 Å². The van der Waals surface area contributed by atoms with Crippen LogP contribution in [0.15, 0.2) is 24.3 Å². The van der Waals surface area contributed by atoms with E-state index in [-0.39, 0.29) is 47.7 Å². The molecule has 15 atom stereocenters. The second-order valence-corrected chi connectivity index (χ2v) is 29.1. The number of fused-ring (bicyclic) bond motifs is 6. The molecule has 0 radical (unpaired) electrons. The Bertz CT molecular complexity index is 2630. The molecule has 2 aromatic rings. The van der Waals surface area contributed by atoms with Crippen molar-refractivity contribution in [3.8, 4) is 0 Å². The average Bonchev–Trinajstić information content (AvgIpc) is 4.29. The first-order chi connectivity index (χ1) is 36.8. The first-order valence-electron chi connectivity index (χ1n) is 27.2. The minimum Gasteiger partial charge on any atom is -0.393 e. The number of ether oxygens (including phenoxy) is 1. The molecule has 1 saturated heterocycles. The molecule has 7 rings (SSSR count). The van der Waals surface area contributed by atoms with Crippen molar-refractivity contribution in [2.24, 2.45) is 51.8 Å². The first kappa shape index (κ1) is 65.4. The van der Waals surface area contributed by atoms with Gasteiger partial charge in [-0.05, 0) is 97.7 Å². The third-order valence-electron chi connectivity index (χ3n) is 17.1. The maximum atomic E-state index is 12.6. The third-order valence-corrected chi connectivity index (χ3v) is 21.0. The number of aromatic nitrogens is 4. The van der Waals surface area contributed by atoms with Crippen LogP contribution in [-0.4, -0.2) is 134 Å². The van der Waals surface area contributed by atoms with E-state index >= 15 is 0 Å². The second-order valence-electron chi connectivity index (χ2n) is 23.6. The number of phosphoric ester groups is 3. The van der Waals surface area contributed by atoms with E-state index in [0.29, 0.717) is 16.6 Å². The van der Waals surface area contributed by atoms with E-state index < -0.39 is 84.6 Å². The molecule has 448 valence electrons. The second kappa shape index (κ2) is 26.9. The topological polar surface area (TPSA) is 384 Å². The van der Waals surface area contributed by atoms with Crippen LogP contribution in [0.1, 0.15) is 139 Å². The lowest BCUT2D eigenvalue weighted by Crippen LogP contribution is -2.50. The van der Waals surface area contributed by atoms with Gasteiger partial charge in [-0.15, -0.1) is 0 Å². The van der Waals surface area contributed by atoms with Gasteiger partial charge in [0.05, 0.1) is 25.6 Å². The molecule has 79 heavy (non-hydrogen) atoms. The number of imidazole rings is 1. The maximum Gasteiger partial charge on any atom is 0.481 e. The van der Waals surface area contributed by atoms with Crippen LogP contribution in [-0.2, 0) is 50.7 Å². The summed E-state index contributed by atoms with van der Waals surface area (Å²) in [5, 5.41) is 36.3. The number of allylic oxidation sites excluding steroid dienone is 1. The van der Waals surface area contributed by atoms with Crippen LogP contribution in [0.3, 0.4) is 0 Å². The molecule has 1 aliphatic heterocycles. The summed E-state index contributed by atoms with van der Waals surface area (Å²) in [6.45, 7) is 14.5. The molecule has 0 bridgehead atoms. The number of thioether (sulfide) groups is 1. The van der Waals surface area contributed by atoms with Crippen molar-refractivity contribution in [2.75, 3.05) is 37.8 Å². The SMILES string of the molecule is CC(=O)SCCNC(=O)CCNC(=O)C(O)C(C)(C)COP(=O)(O)OP(=O)(O)OC[C@H]1O[C@@H](n2cnc3c(N)ncnc32)[C@H](O)[C@@H]1OP(=O)(O)O.CC(C)CCCC(C)[C@H]1CC[C@H]2[C@@H]3CC=C4C[C@@H](O)CC[C@]4(C)[C@H]3CC[C@]12C. The molecule has 11 N–H and O–H groups in total. The molecule has 0 aromatic carbocycles. The Morgan fingerprint density at radius 2 is 1.66 bits per heavy atom. The monoisotopic (exact) mass is 1200 g/mol. The van der Waals surface area contributed by atoms with E-state index in [2.05, 4.69) is 75.1 Å². The Balaban J connectivity index is 0.000000300. The number of aliphatic hydroxyl groups excluding tert-OH is 3. The van der Waals surface area contributed by atoms with E-state index in [1.54, 1.807) is 5.57 Å². The zero-order valence-corrected chi connectivity index (χ0v) is 49.9. The predicted molar refractivity (Wildman–Crippen MR) is 292 cm³/mol. The molecule has 2 aromatic heterocycles. The van der Waals surface area contributed by atoms with Gasteiger partial charge in [0.1, 0.15) is 36.3 Å². The number of amides is 2. The van der Waals surface area contributed by atoms with E-state index in [1.165, 1.54) is 78.6 Å². The van der Waals surface area contributed by atoms with Gasteiger partial charge >= 0.3 is 23.5 Å². The van der Waals surface area contributed by atoms with Crippen molar-refractivity contribution >= 4 is 69.1 Å². The van der Waals surface area contributed by atoms with Crippen molar-refractivity contribution in [3.63, 3.8) is 0 Å². The summed E-state index contributed by atoms with van der Waals surface area (Å²) in [5.74, 6) is 4.37. The van der Waals surface area contributed by atoms with Gasteiger partial charge in [0.15, 0.2) is 22.8 Å². The van der Waals surface area contributed by atoms with E-state index in [9.17, 15) is 63.0 Å². The number of carbonyl (C=O) groups is 3. The van der Waals surface area contributed by atoms with Crippen LogP contribution in [0.5, 0.6) is 0 Å². The van der Waals surface area contributed by atoms with Gasteiger partial charge in [-0.3, -0.25) is 32.5 Å². The standard InChI is InChI=1S/C27H46O.C23H38N7O17P3S/c1-18(2)7-6-8-19(3)23-11-12-24-22-10-9-20-17-21(28)13-15-26(20,4)25(22)14-16-27(23,24)5;1-12(31)51-7-6-25-14(32)4-5-26-21(35)18(34)23(2,3)9-44-50(41,42)47-49(39,40)43-8-13-17(46-48(36,37)38)16(33)22(45-13)30-11-29-15-19(24)27-10-28-20(15)30/h9,18-19,21-25,28H,6-8,10-17H2,1-5H3;10-11,13,16-18,22,33-34H,4-9H2,1-3H3,(H,25,32)(H,26,35)(H,39,40)(H,41,42)(H2,24,27,28)(H2,36,37,38)/t19?,21-,22-,23+,24-,25-,26-,27+;13-,16-,17-,18?,22-/m01/s1. The molecule has 3 heterocycles. The third kappa shape index (κ3) is 16.8. The summed E-state index contributed by atoms with van der Waals surface area (Å²) in [4.78, 5) is 85.9. The van der Waals surface area contributed by atoms with Crippen LogP contribution >= 0.6 is 35.2 Å². The highest BCUT2D eigenvalue weighted by Crippen LogP contribution is 2.67. The Hall–Kier alpha value is -2.74. The van der Waals surface area contributed by atoms with Gasteiger partial charge in [0.2, 0.25) is 11.8 Å². The Morgan fingerprint density at radius 1 is 0.949 bits per heavy atom. The van der Waals surface area contributed by atoms with Gasteiger partial charge in [0, 0.05) is 37.6 Å². The summed E-state index contributed by atoms with van der Waals surface area (Å²) in [7, 11) is -16.4. The van der Waals surface area contributed by atoms with E-state index in [1.807, 2.05) is 0 Å². The molecular formula is C50H84N7O18P3S. The van der Waals surface area contributed by atoms with Crippen molar-refractivity contribution in [3.05, 3.63) is 24.3 Å². The first-order valence-corrected chi connectivity index (χ1v) is 32.7. The Morgan fingerprint density at radius 3 is 2.34 bits per heavy atom. The lowest BCUT2D eigenvalue weighted by atomic mass is 9.47. The van der Waals surface area contributed by atoms with Gasteiger partial charge in [-0.25, -0.2) is 28.6 Å². The molecule has 4 aliphatic carbocycles. The number of aliphatic hydroxyl groups is 3. The molecule has 2 amide bonds. The highest BCUT2D eigenvalue weighted by atomic mass is 32.2. The number of nitrogen functional groups attached to an aromatic ring is 1. The zero-order chi connectivity index (χ0) is 58.5. The molecule has 4 unspecified atom stereocenters. The smallest absolute Gasteiger partial charge is 0.393 e. The van der Waals surface area contributed by atoms with Crippen LogP contribution < -0.4 is 16.4 Å². The molecule has 4 fully saturated rings. The fourth-order valence-corrected chi connectivity index (χ4v) is 16.3. The molecular weight excluding hydrogens is 1110 g/mol. The fraction of sp³-hybridized carbons (Fsp3) is 0.800. The highest BCUT2D eigenvalue weighted by molar-refractivity contribution is 8.13. The Labute approximate surface area is 466 Å². The minimum atomic E-state index is -5.56. The van der Waals surface area contributed by atoms with Gasteiger partial charge < -0.3 is 56.0 Å². The number of phosphoric acid groups is 3. The maximum absolute atomic E-state index is 12.6. The van der Waals surface area contributed by atoms with Crippen LogP contribution in [0.2, 0.25) is 0 Å².